The maximum absolute atomic E-state index is 8.53. The molecule has 0 saturated heterocycles. The van der Waals surface area contributed by atoms with E-state index in [0.29, 0.717) is 17.4 Å². The van der Waals surface area contributed by atoms with E-state index in [9.17, 15) is 0 Å². The van der Waals surface area contributed by atoms with Gasteiger partial charge in [-0.05, 0) is 30.4 Å². The summed E-state index contributed by atoms with van der Waals surface area (Å²) in [5.74, 6) is 2.70. The number of hydrogen-bond donors (Lipinski definition) is 0. The highest BCUT2D eigenvalue weighted by Crippen LogP contribution is 2.35. The first-order valence-electron chi connectivity index (χ1n) is 6.73. The Hall–Kier alpha value is -1.80. The quantitative estimate of drug-likeness (QED) is 0.807. The van der Waals surface area contributed by atoms with E-state index in [1.165, 1.54) is 22.9 Å². The maximum Gasteiger partial charge on any atom is 0.236 e. The van der Waals surface area contributed by atoms with E-state index < -0.39 is 0 Å². The third-order valence-corrected chi connectivity index (χ3v) is 4.34. The molecule has 1 aromatic carbocycles. The van der Waals surface area contributed by atoms with Gasteiger partial charge in [-0.15, -0.1) is 11.8 Å². The average Bonchev–Trinajstić information content (AvgIpc) is 2.96. The second kappa shape index (κ2) is 6.10. The van der Waals surface area contributed by atoms with Gasteiger partial charge in [-0.3, -0.25) is 0 Å². The van der Waals surface area contributed by atoms with Crippen molar-refractivity contribution in [1.82, 2.24) is 10.1 Å². The number of fused-ring (bicyclic) bond motifs is 1. The van der Waals surface area contributed by atoms with Gasteiger partial charge >= 0.3 is 0 Å². The Morgan fingerprint density at radius 2 is 2.30 bits per heavy atom. The van der Waals surface area contributed by atoms with Crippen LogP contribution in [-0.4, -0.2) is 15.9 Å². The van der Waals surface area contributed by atoms with Crippen LogP contribution in [0.1, 0.15) is 41.6 Å². The van der Waals surface area contributed by atoms with Crippen molar-refractivity contribution in [2.75, 3.05) is 5.75 Å². The molecule has 1 aliphatic carbocycles. The summed E-state index contributed by atoms with van der Waals surface area (Å²) in [5, 5.41) is 12.7. The van der Waals surface area contributed by atoms with E-state index in [1.54, 1.807) is 0 Å². The zero-order valence-corrected chi connectivity index (χ0v) is 11.9. The van der Waals surface area contributed by atoms with Gasteiger partial charge < -0.3 is 4.52 Å². The van der Waals surface area contributed by atoms with E-state index >= 15 is 0 Å². The summed E-state index contributed by atoms with van der Waals surface area (Å²) in [6, 6.07) is 10.6. The molecular weight excluding hydrogens is 270 g/mol. The third-order valence-electron chi connectivity index (χ3n) is 3.56. The SMILES string of the molecule is N#CCSCc1nc(C2CCCc3ccccc32)no1. The topological polar surface area (TPSA) is 62.7 Å². The minimum absolute atomic E-state index is 0.249. The fourth-order valence-corrected chi connectivity index (χ4v) is 3.16. The highest BCUT2D eigenvalue weighted by molar-refractivity contribution is 7.98. The van der Waals surface area contributed by atoms with Crippen molar-refractivity contribution in [2.45, 2.75) is 30.9 Å². The molecule has 5 heteroatoms. The normalized spacial score (nSPS) is 17.4. The van der Waals surface area contributed by atoms with Crippen molar-refractivity contribution in [3.63, 3.8) is 0 Å². The Balaban J connectivity index is 1.79. The third kappa shape index (κ3) is 2.70. The molecule has 0 spiro atoms. The molecule has 0 saturated carbocycles. The number of thioether (sulfide) groups is 1. The van der Waals surface area contributed by atoms with Gasteiger partial charge in [0.25, 0.3) is 0 Å². The number of hydrogen-bond acceptors (Lipinski definition) is 5. The fourth-order valence-electron chi connectivity index (χ4n) is 2.67. The van der Waals surface area contributed by atoms with Gasteiger partial charge in [-0.25, -0.2) is 0 Å². The summed E-state index contributed by atoms with van der Waals surface area (Å²) >= 11 is 1.49. The minimum Gasteiger partial charge on any atom is -0.338 e. The lowest BCUT2D eigenvalue weighted by Crippen LogP contribution is -2.12. The van der Waals surface area contributed by atoms with Crippen LogP contribution < -0.4 is 0 Å². The van der Waals surface area contributed by atoms with Gasteiger partial charge in [0.15, 0.2) is 5.82 Å². The molecule has 3 rings (SSSR count). The molecule has 0 fully saturated rings. The largest absolute Gasteiger partial charge is 0.338 e. The molecule has 1 aromatic heterocycles. The van der Waals surface area contributed by atoms with Crippen molar-refractivity contribution >= 4 is 11.8 Å². The van der Waals surface area contributed by atoms with Crippen LogP contribution in [0.25, 0.3) is 0 Å². The van der Waals surface area contributed by atoms with Gasteiger partial charge in [0, 0.05) is 5.92 Å². The van der Waals surface area contributed by atoms with Crippen molar-refractivity contribution < 1.29 is 4.52 Å². The Labute approximate surface area is 122 Å². The van der Waals surface area contributed by atoms with Crippen molar-refractivity contribution in [1.29, 1.82) is 5.26 Å². The van der Waals surface area contributed by atoms with E-state index in [4.69, 9.17) is 9.78 Å². The summed E-state index contributed by atoms with van der Waals surface area (Å²) in [4.78, 5) is 4.50. The van der Waals surface area contributed by atoms with Gasteiger partial charge in [0.05, 0.1) is 17.6 Å². The van der Waals surface area contributed by atoms with Crippen LogP contribution in [0, 0.1) is 11.3 Å². The molecular formula is C15H15N3OS. The van der Waals surface area contributed by atoms with E-state index in [2.05, 4.69) is 40.5 Å². The molecule has 4 nitrogen and oxygen atoms in total. The van der Waals surface area contributed by atoms with Crippen LogP contribution in [-0.2, 0) is 12.2 Å². The lowest BCUT2D eigenvalue weighted by molar-refractivity contribution is 0.380. The predicted molar refractivity (Wildman–Crippen MR) is 77.3 cm³/mol. The molecule has 0 N–H and O–H groups in total. The van der Waals surface area contributed by atoms with Crippen LogP contribution in [0.15, 0.2) is 28.8 Å². The van der Waals surface area contributed by atoms with Crippen LogP contribution in [0.4, 0.5) is 0 Å². The standard InChI is InChI=1S/C15H15N3OS/c16-8-9-20-10-14-17-15(18-19-14)13-7-3-5-11-4-1-2-6-12(11)13/h1-2,4,6,13H,3,5,7,9-10H2. The Bertz CT molecular complexity index is 632. The van der Waals surface area contributed by atoms with E-state index in [0.717, 1.165) is 25.1 Å². The van der Waals surface area contributed by atoms with Crippen molar-refractivity contribution in [3.05, 3.63) is 47.1 Å². The Kier molecular flexibility index (Phi) is 4.03. The highest BCUT2D eigenvalue weighted by atomic mass is 32.2. The molecule has 102 valence electrons. The van der Waals surface area contributed by atoms with Crippen molar-refractivity contribution in [2.24, 2.45) is 0 Å². The highest BCUT2D eigenvalue weighted by Gasteiger charge is 2.25. The summed E-state index contributed by atoms with van der Waals surface area (Å²) in [5.41, 5.74) is 2.73. The summed E-state index contributed by atoms with van der Waals surface area (Å²) in [6.45, 7) is 0. The number of nitrogens with zero attached hydrogens (tertiary/aromatic N) is 3. The first-order chi connectivity index (χ1) is 9.88. The maximum atomic E-state index is 8.53. The lowest BCUT2D eigenvalue weighted by Gasteiger charge is -2.22. The zero-order valence-electron chi connectivity index (χ0n) is 11.1. The molecule has 0 amide bonds. The number of aryl methyl sites for hydroxylation is 1. The van der Waals surface area contributed by atoms with E-state index in [1.807, 2.05) is 0 Å². The number of nitriles is 1. The van der Waals surface area contributed by atoms with Gasteiger partial charge in [0.2, 0.25) is 5.89 Å². The minimum atomic E-state index is 0.249. The first-order valence-corrected chi connectivity index (χ1v) is 7.89. The number of rotatable bonds is 4. The molecule has 1 heterocycles. The molecule has 1 unspecified atom stereocenters. The van der Waals surface area contributed by atoms with Crippen LogP contribution in [0.2, 0.25) is 0 Å². The van der Waals surface area contributed by atoms with Gasteiger partial charge in [0.1, 0.15) is 0 Å². The summed E-state index contributed by atoms with van der Waals surface area (Å²) in [6.07, 6.45) is 3.37. The van der Waals surface area contributed by atoms with E-state index in [-0.39, 0.29) is 5.92 Å². The molecule has 0 aliphatic heterocycles. The first kappa shape index (κ1) is 13.2. The monoisotopic (exact) mass is 285 g/mol. The van der Waals surface area contributed by atoms with Gasteiger partial charge in [-0.1, -0.05) is 29.4 Å². The second-order valence-corrected chi connectivity index (χ2v) is 5.83. The van der Waals surface area contributed by atoms with Crippen LogP contribution in [0.5, 0.6) is 0 Å². The molecule has 1 atom stereocenters. The van der Waals surface area contributed by atoms with Crippen LogP contribution >= 0.6 is 11.8 Å². The molecule has 2 aromatic rings. The number of aromatic nitrogens is 2. The molecule has 0 bridgehead atoms. The molecule has 1 aliphatic rings. The Morgan fingerprint density at radius 3 is 3.20 bits per heavy atom. The predicted octanol–water partition coefficient (Wildman–Crippen LogP) is 3.29. The Morgan fingerprint density at radius 1 is 1.40 bits per heavy atom. The van der Waals surface area contributed by atoms with Crippen LogP contribution in [0.3, 0.4) is 0 Å². The molecule has 0 radical (unpaired) electrons. The summed E-state index contributed by atoms with van der Waals surface area (Å²) in [7, 11) is 0. The second-order valence-electron chi connectivity index (χ2n) is 4.84. The zero-order chi connectivity index (χ0) is 13.8. The smallest absolute Gasteiger partial charge is 0.236 e. The molecule has 20 heavy (non-hydrogen) atoms. The fraction of sp³-hybridized carbons (Fsp3) is 0.400. The average molecular weight is 285 g/mol. The number of benzene rings is 1. The lowest BCUT2D eigenvalue weighted by atomic mass is 9.82. The summed E-state index contributed by atoms with van der Waals surface area (Å²) < 4.78 is 5.29. The van der Waals surface area contributed by atoms with Crippen molar-refractivity contribution in [3.8, 4) is 6.07 Å². The van der Waals surface area contributed by atoms with Gasteiger partial charge in [-0.2, -0.15) is 10.2 Å².